The van der Waals surface area contributed by atoms with E-state index in [0.717, 1.165) is 22.3 Å². The molecule has 0 bridgehead atoms. The molecular weight excluding hydrogens is 708 g/mol. The summed E-state index contributed by atoms with van der Waals surface area (Å²) in [7, 11) is 1.51. The maximum absolute atomic E-state index is 12.7. The van der Waals surface area contributed by atoms with Crippen molar-refractivity contribution in [3.05, 3.63) is 150 Å². The topological polar surface area (TPSA) is 152 Å². The lowest BCUT2D eigenvalue weighted by atomic mass is 9.97. The van der Waals surface area contributed by atoms with Crippen molar-refractivity contribution >= 4 is 12.0 Å². The third-order valence-electron chi connectivity index (χ3n) is 9.39. The minimum Gasteiger partial charge on any atom is -0.453 e. The van der Waals surface area contributed by atoms with Crippen LogP contribution in [0.25, 0.3) is 6.08 Å². The molecule has 2 aliphatic rings. The second-order valence-corrected chi connectivity index (χ2v) is 13.2. The van der Waals surface area contributed by atoms with Crippen LogP contribution in [-0.2, 0) is 62.5 Å². The van der Waals surface area contributed by atoms with Crippen LogP contribution in [0.1, 0.15) is 22.3 Å². The van der Waals surface area contributed by atoms with Gasteiger partial charge in [-0.1, -0.05) is 121 Å². The van der Waals surface area contributed by atoms with Crippen molar-refractivity contribution in [1.82, 2.24) is 0 Å². The number of hydrogen-bond acceptors (Lipinski definition) is 12. The largest absolute Gasteiger partial charge is 0.453 e. The van der Waals surface area contributed by atoms with E-state index in [1.54, 1.807) is 6.08 Å². The molecule has 0 aliphatic carbocycles. The van der Waals surface area contributed by atoms with Crippen molar-refractivity contribution in [3.63, 3.8) is 0 Å². The number of carbonyl (C=O) groups excluding carboxylic acids is 1. The Morgan fingerprint density at radius 3 is 1.62 bits per heavy atom. The van der Waals surface area contributed by atoms with E-state index in [1.807, 2.05) is 121 Å². The molecule has 0 spiro atoms. The molecule has 0 saturated carbocycles. The highest BCUT2D eigenvalue weighted by atomic mass is 16.7. The van der Waals surface area contributed by atoms with Crippen molar-refractivity contribution in [2.45, 2.75) is 81.2 Å². The number of esters is 1. The van der Waals surface area contributed by atoms with Gasteiger partial charge in [-0.2, -0.15) is 0 Å². The van der Waals surface area contributed by atoms with Gasteiger partial charge >= 0.3 is 5.97 Å². The highest BCUT2D eigenvalue weighted by Crippen LogP contribution is 2.32. The average molecular weight is 757 g/mol. The van der Waals surface area contributed by atoms with Crippen molar-refractivity contribution < 1.29 is 58.0 Å². The lowest BCUT2D eigenvalue weighted by molar-refractivity contribution is -0.341. The van der Waals surface area contributed by atoms with E-state index >= 15 is 0 Å². The fraction of sp³-hybridized carbons (Fsp3) is 0.372. The molecule has 4 aromatic carbocycles. The second kappa shape index (κ2) is 20.6. The molecule has 0 radical (unpaired) electrons. The third kappa shape index (κ3) is 11.1. The van der Waals surface area contributed by atoms with E-state index in [-0.39, 0.29) is 26.4 Å². The average Bonchev–Trinajstić information content (AvgIpc) is 3.23. The van der Waals surface area contributed by atoms with Crippen LogP contribution in [0.2, 0.25) is 0 Å². The first-order valence-corrected chi connectivity index (χ1v) is 18.3. The minimum atomic E-state index is -1.66. The van der Waals surface area contributed by atoms with E-state index in [4.69, 9.17) is 37.9 Å². The van der Waals surface area contributed by atoms with Crippen LogP contribution in [0, 0.1) is 0 Å². The smallest absolute Gasteiger partial charge is 0.331 e. The fourth-order valence-corrected chi connectivity index (χ4v) is 6.50. The predicted molar refractivity (Wildman–Crippen MR) is 200 cm³/mol. The Bertz CT molecular complexity index is 1730. The summed E-state index contributed by atoms with van der Waals surface area (Å²) in [5, 5.41) is 32.4. The molecule has 2 aliphatic heterocycles. The molecule has 6 rings (SSSR count). The second-order valence-electron chi connectivity index (χ2n) is 13.2. The molecule has 55 heavy (non-hydrogen) atoms. The van der Waals surface area contributed by atoms with Crippen molar-refractivity contribution in [1.29, 1.82) is 0 Å². The van der Waals surface area contributed by atoms with Gasteiger partial charge in [0.2, 0.25) is 0 Å². The molecule has 2 heterocycles. The van der Waals surface area contributed by atoms with Crippen molar-refractivity contribution in [2.24, 2.45) is 0 Å². The van der Waals surface area contributed by atoms with Gasteiger partial charge in [0.15, 0.2) is 18.7 Å². The van der Waals surface area contributed by atoms with Gasteiger partial charge in [0, 0.05) is 13.2 Å². The highest BCUT2D eigenvalue weighted by molar-refractivity contribution is 5.87. The van der Waals surface area contributed by atoms with Crippen LogP contribution in [0.4, 0.5) is 0 Å². The Hall–Kier alpha value is -4.31. The Morgan fingerprint density at radius 2 is 1.09 bits per heavy atom. The number of benzene rings is 4. The number of aliphatic hydroxyl groups excluding tert-OH is 3. The lowest BCUT2D eigenvalue weighted by Gasteiger charge is -2.46. The van der Waals surface area contributed by atoms with Crippen LogP contribution in [0.15, 0.2) is 127 Å². The molecular formula is C43H48O12. The summed E-state index contributed by atoms with van der Waals surface area (Å²) in [5.41, 5.74) is 3.57. The monoisotopic (exact) mass is 756 g/mol. The molecule has 0 amide bonds. The summed E-state index contributed by atoms with van der Waals surface area (Å²) in [6.07, 6.45) is -8.62. The maximum Gasteiger partial charge on any atom is 0.331 e. The Kier molecular flexibility index (Phi) is 15.1. The fourth-order valence-electron chi connectivity index (χ4n) is 6.50. The van der Waals surface area contributed by atoms with Crippen molar-refractivity contribution in [3.8, 4) is 0 Å². The van der Waals surface area contributed by atoms with Gasteiger partial charge in [-0.3, -0.25) is 0 Å². The van der Waals surface area contributed by atoms with Gasteiger partial charge in [-0.25, -0.2) is 4.79 Å². The summed E-state index contributed by atoms with van der Waals surface area (Å²) in [6.45, 7) is -0.148. The number of ether oxygens (including phenoxy) is 8. The van der Waals surface area contributed by atoms with Crippen LogP contribution in [0.5, 0.6) is 0 Å². The lowest BCUT2D eigenvalue weighted by Crippen LogP contribution is -2.63. The zero-order valence-corrected chi connectivity index (χ0v) is 30.5. The van der Waals surface area contributed by atoms with Gasteiger partial charge in [0.05, 0.1) is 33.0 Å². The summed E-state index contributed by atoms with van der Waals surface area (Å²) in [6, 6.07) is 38.2. The van der Waals surface area contributed by atoms with Crippen LogP contribution >= 0.6 is 0 Å². The Labute approximate surface area is 320 Å². The first kappa shape index (κ1) is 40.4. The van der Waals surface area contributed by atoms with E-state index in [2.05, 4.69) is 0 Å². The molecule has 2 saturated heterocycles. The summed E-state index contributed by atoms with van der Waals surface area (Å²) < 4.78 is 49.4. The van der Waals surface area contributed by atoms with E-state index in [0.29, 0.717) is 0 Å². The molecule has 12 nitrogen and oxygen atoms in total. The molecule has 3 N–H and O–H groups in total. The molecule has 2 fully saturated rings. The zero-order chi connectivity index (χ0) is 38.4. The Balaban J connectivity index is 1.19. The molecule has 4 aromatic rings. The number of hydrogen-bond donors (Lipinski definition) is 3. The summed E-state index contributed by atoms with van der Waals surface area (Å²) >= 11 is 0. The number of aliphatic hydroxyl groups is 3. The predicted octanol–water partition coefficient (Wildman–Crippen LogP) is 4.19. The van der Waals surface area contributed by atoms with E-state index in [9.17, 15) is 20.1 Å². The normalized spacial score (nSPS) is 28.2. The van der Waals surface area contributed by atoms with Gasteiger partial charge in [0.1, 0.15) is 42.7 Å². The number of methoxy groups -OCH3 is 1. The number of rotatable bonds is 17. The van der Waals surface area contributed by atoms with Crippen LogP contribution in [0.3, 0.4) is 0 Å². The summed E-state index contributed by atoms with van der Waals surface area (Å²) in [4.78, 5) is 12.7. The first-order valence-electron chi connectivity index (χ1n) is 18.3. The zero-order valence-electron chi connectivity index (χ0n) is 30.5. The van der Waals surface area contributed by atoms with Gasteiger partial charge in [-0.15, -0.1) is 0 Å². The molecule has 12 heteroatoms. The number of carbonyl (C=O) groups is 1. The minimum absolute atomic E-state index is 0.208. The molecule has 6 unspecified atom stereocenters. The molecule has 10 atom stereocenters. The van der Waals surface area contributed by atoms with E-state index < -0.39 is 74.0 Å². The third-order valence-corrected chi connectivity index (χ3v) is 9.39. The highest BCUT2D eigenvalue weighted by Gasteiger charge is 2.51. The van der Waals surface area contributed by atoms with Crippen LogP contribution in [-0.4, -0.2) is 103 Å². The summed E-state index contributed by atoms with van der Waals surface area (Å²) in [5.74, 6) is -0.785. The van der Waals surface area contributed by atoms with E-state index in [1.165, 1.54) is 13.2 Å². The quantitative estimate of drug-likeness (QED) is 0.105. The van der Waals surface area contributed by atoms with Gasteiger partial charge < -0.3 is 53.2 Å². The molecule has 292 valence electrons. The SMILES string of the molecule is CO[C@H]1OC(CO[C@@H]2OC(CO)[C@@H](OC(=O)/C=C/c3ccccc3)C(O)C2O)[C@@H](OCc2ccccc2)C(OCc2ccccc2)C1OCc1ccccc1. The van der Waals surface area contributed by atoms with Crippen molar-refractivity contribution in [2.75, 3.05) is 20.3 Å². The Morgan fingerprint density at radius 1 is 0.600 bits per heavy atom. The van der Waals surface area contributed by atoms with Gasteiger partial charge in [-0.05, 0) is 28.3 Å². The maximum atomic E-state index is 12.7. The first-order chi connectivity index (χ1) is 26.9. The standard InChI is InChI=1S/C43H48O12/c1-48-43-41(51-27-32-20-12-5-13-21-32)40(50-26-31-18-10-4-11-19-31)39(49-25-30-16-8-3-9-17-30)34(54-43)28-52-42-37(47)36(46)38(33(24-44)53-42)55-35(45)23-22-29-14-6-2-7-15-29/h2-23,33-34,36-44,46-47H,24-28H2,1H3/b23-22+/t33?,34?,36?,37?,38-,39-,40?,41?,42-,43+/m1/s1. The van der Waals surface area contributed by atoms with Crippen LogP contribution < -0.4 is 0 Å². The molecule has 0 aromatic heterocycles. The van der Waals surface area contributed by atoms with Gasteiger partial charge in [0.25, 0.3) is 0 Å².